The Balaban J connectivity index is 0.864. The van der Waals surface area contributed by atoms with Gasteiger partial charge in [-0.3, -0.25) is 9.80 Å². The summed E-state index contributed by atoms with van der Waals surface area (Å²) in [4.78, 5) is 12.5. The number of nitrogens with zero attached hydrogens (tertiary/aromatic N) is 8. The van der Waals surface area contributed by atoms with E-state index >= 15 is 0 Å². The van der Waals surface area contributed by atoms with Crippen LogP contribution in [-0.2, 0) is 4.74 Å². The van der Waals surface area contributed by atoms with E-state index in [1.54, 1.807) is 18.5 Å². The van der Waals surface area contributed by atoms with Crippen molar-refractivity contribution in [2.75, 3.05) is 51.3 Å². The van der Waals surface area contributed by atoms with Gasteiger partial charge in [0.25, 0.3) is 5.88 Å². The molecule has 3 aliphatic carbocycles. The van der Waals surface area contributed by atoms with Crippen LogP contribution in [0.4, 0.5) is 10.2 Å². The number of ether oxygens (including phenoxy) is 2. The van der Waals surface area contributed by atoms with Crippen LogP contribution in [0.5, 0.6) is 11.6 Å². The van der Waals surface area contributed by atoms with Gasteiger partial charge >= 0.3 is 0 Å². The molecule has 0 bridgehead atoms. The minimum absolute atomic E-state index is 0.257. The van der Waals surface area contributed by atoms with E-state index in [9.17, 15) is 4.39 Å². The molecule has 0 radical (unpaired) electrons. The molecule has 3 saturated heterocycles. The molecule has 10 nitrogen and oxygen atoms in total. The summed E-state index contributed by atoms with van der Waals surface area (Å²) in [5.41, 5.74) is 2.82. The molecule has 1 unspecified atom stereocenters. The lowest BCUT2D eigenvalue weighted by molar-refractivity contribution is -0.0799. The summed E-state index contributed by atoms with van der Waals surface area (Å²) in [5.74, 6) is 4.66. The lowest BCUT2D eigenvalue weighted by Gasteiger charge is -2.57. The zero-order valence-corrected chi connectivity index (χ0v) is 27.6. The highest BCUT2D eigenvalue weighted by Gasteiger charge is 2.59. The first-order valence-corrected chi connectivity index (χ1v) is 17.6. The molecule has 0 amide bonds. The average molecular weight is 641 g/mol. The van der Waals surface area contributed by atoms with Gasteiger partial charge in [0.15, 0.2) is 5.82 Å². The molecule has 0 N–H and O–H groups in total. The monoisotopic (exact) mass is 640 g/mol. The number of halogens is 1. The van der Waals surface area contributed by atoms with E-state index < -0.39 is 0 Å². The van der Waals surface area contributed by atoms with Crippen molar-refractivity contribution in [2.45, 2.75) is 70.1 Å². The third-order valence-electron chi connectivity index (χ3n) is 12.3. The van der Waals surface area contributed by atoms with Gasteiger partial charge in [-0.05, 0) is 73.6 Å². The molecule has 3 saturated carbocycles. The molecule has 6 aliphatic rings. The second-order valence-corrected chi connectivity index (χ2v) is 15.6. The maximum absolute atomic E-state index is 14.6. The van der Waals surface area contributed by atoms with Gasteiger partial charge in [-0.2, -0.15) is 10.2 Å². The van der Waals surface area contributed by atoms with Crippen LogP contribution in [0.3, 0.4) is 0 Å². The van der Waals surface area contributed by atoms with E-state index in [-0.39, 0.29) is 11.2 Å². The zero-order valence-electron chi connectivity index (χ0n) is 27.6. The molecule has 3 aliphatic heterocycles. The summed E-state index contributed by atoms with van der Waals surface area (Å²) < 4.78 is 26.6. The van der Waals surface area contributed by atoms with Gasteiger partial charge in [0.2, 0.25) is 0 Å². The predicted octanol–water partition coefficient (Wildman–Crippen LogP) is 5.03. The van der Waals surface area contributed by atoms with Crippen molar-refractivity contribution in [3.05, 3.63) is 48.3 Å². The van der Waals surface area contributed by atoms with Gasteiger partial charge in [0.05, 0.1) is 18.5 Å². The molecule has 1 spiro atoms. The lowest BCUT2D eigenvalue weighted by Crippen LogP contribution is -2.65. The fourth-order valence-electron chi connectivity index (χ4n) is 9.75. The number of piperidine rings is 1. The molecular formula is C36H45FN8O2. The van der Waals surface area contributed by atoms with Crippen molar-refractivity contribution in [2.24, 2.45) is 29.1 Å². The maximum Gasteiger partial charge on any atom is 0.282 e. The molecule has 5 heterocycles. The Morgan fingerprint density at radius 1 is 0.979 bits per heavy atom. The number of aromatic nitrogens is 5. The van der Waals surface area contributed by atoms with E-state index in [1.807, 2.05) is 7.11 Å². The van der Waals surface area contributed by atoms with Gasteiger partial charge in [0, 0.05) is 86.8 Å². The number of benzene rings is 1. The molecule has 2 aromatic heterocycles. The second kappa shape index (κ2) is 11.4. The van der Waals surface area contributed by atoms with Crippen molar-refractivity contribution in [1.29, 1.82) is 0 Å². The van der Waals surface area contributed by atoms with Crippen molar-refractivity contribution in [1.82, 2.24) is 35.2 Å². The molecule has 1 aromatic carbocycles. The van der Waals surface area contributed by atoms with Crippen LogP contribution in [0.1, 0.15) is 57.4 Å². The Morgan fingerprint density at radius 3 is 2.51 bits per heavy atom. The molecule has 248 valence electrons. The van der Waals surface area contributed by atoms with E-state index in [0.29, 0.717) is 47.0 Å². The first-order valence-electron chi connectivity index (χ1n) is 17.6. The average Bonchev–Trinajstić information content (AvgIpc) is 3.90. The number of rotatable bonds is 10. The van der Waals surface area contributed by atoms with Crippen LogP contribution in [0, 0.1) is 34.9 Å². The van der Waals surface area contributed by atoms with E-state index in [0.717, 1.165) is 80.4 Å². The number of fused-ring (bicyclic) bond motifs is 1. The van der Waals surface area contributed by atoms with E-state index in [1.165, 1.54) is 44.4 Å². The third kappa shape index (κ3) is 5.29. The molecule has 4 atom stereocenters. The fraction of sp³-hybridized carbons (Fsp3) is 0.639. The second-order valence-electron chi connectivity index (χ2n) is 15.6. The highest BCUT2D eigenvalue weighted by Crippen LogP contribution is 2.52. The van der Waals surface area contributed by atoms with Crippen molar-refractivity contribution in [3.63, 3.8) is 0 Å². The van der Waals surface area contributed by atoms with Crippen LogP contribution in [-0.4, -0.2) is 99.7 Å². The Hall–Kier alpha value is -3.28. The summed E-state index contributed by atoms with van der Waals surface area (Å²) in [7, 11) is 1.87. The number of anilines is 1. The summed E-state index contributed by atoms with van der Waals surface area (Å²) in [6, 6.07) is 6.00. The quantitative estimate of drug-likeness (QED) is 0.301. The standard InChI is InChI=1S/C36H45FN8O2/c1-21(2)32(23-10-25(11-23)44-15-29-30(16-44)33(29)46-3)45-18-36(19-45)8-9-43(17-36)34-35(42-41-20-38-34)47-31-7-6-24(37)12-26(31)28-14-40-39-13-27(28)22-4-5-22/h6-7,12-14,20-23,25,29-30,32-33H,4-5,8-11,15-19H2,1-3H3/t23?,25?,29-,30+,32-,33?/m0/s1. The smallest absolute Gasteiger partial charge is 0.282 e. The van der Waals surface area contributed by atoms with Crippen molar-refractivity contribution < 1.29 is 13.9 Å². The summed E-state index contributed by atoms with van der Waals surface area (Å²) in [5, 5.41) is 16.7. The van der Waals surface area contributed by atoms with Gasteiger partial charge in [0.1, 0.15) is 17.9 Å². The molecule has 6 fully saturated rings. The summed E-state index contributed by atoms with van der Waals surface area (Å²) in [6.45, 7) is 11.4. The van der Waals surface area contributed by atoms with Crippen LogP contribution < -0.4 is 9.64 Å². The van der Waals surface area contributed by atoms with Crippen LogP contribution >= 0.6 is 0 Å². The van der Waals surface area contributed by atoms with E-state index in [2.05, 4.69) is 53.9 Å². The Bertz CT molecular complexity index is 1630. The fourth-order valence-corrected chi connectivity index (χ4v) is 9.75. The molecule has 47 heavy (non-hydrogen) atoms. The first kappa shape index (κ1) is 29.8. The number of hydrogen-bond donors (Lipinski definition) is 0. The maximum atomic E-state index is 14.6. The van der Waals surface area contributed by atoms with Gasteiger partial charge < -0.3 is 14.4 Å². The van der Waals surface area contributed by atoms with Gasteiger partial charge in [-0.1, -0.05) is 13.8 Å². The van der Waals surface area contributed by atoms with E-state index in [4.69, 9.17) is 9.47 Å². The topological polar surface area (TPSA) is 92.6 Å². The van der Waals surface area contributed by atoms with Crippen molar-refractivity contribution >= 4 is 5.82 Å². The largest absolute Gasteiger partial charge is 0.434 e. The number of hydrogen-bond acceptors (Lipinski definition) is 10. The van der Waals surface area contributed by atoms with Crippen LogP contribution in [0.2, 0.25) is 0 Å². The highest BCUT2D eigenvalue weighted by molar-refractivity contribution is 5.74. The number of methoxy groups -OCH3 is 1. The lowest BCUT2D eigenvalue weighted by atomic mass is 9.68. The van der Waals surface area contributed by atoms with Crippen molar-refractivity contribution in [3.8, 4) is 22.8 Å². The van der Waals surface area contributed by atoms with Crippen LogP contribution in [0.25, 0.3) is 11.1 Å². The third-order valence-corrected chi connectivity index (χ3v) is 12.3. The first-order chi connectivity index (χ1) is 22.9. The minimum Gasteiger partial charge on any atom is -0.434 e. The van der Waals surface area contributed by atoms with Crippen LogP contribution in [0.15, 0.2) is 36.9 Å². The predicted molar refractivity (Wildman–Crippen MR) is 175 cm³/mol. The highest BCUT2D eigenvalue weighted by atomic mass is 19.1. The van der Waals surface area contributed by atoms with Gasteiger partial charge in [-0.15, -0.1) is 10.2 Å². The Kier molecular flexibility index (Phi) is 7.24. The minimum atomic E-state index is -0.329. The Morgan fingerprint density at radius 2 is 1.77 bits per heavy atom. The molecule has 11 heteroatoms. The molecular weight excluding hydrogens is 595 g/mol. The Labute approximate surface area is 276 Å². The SMILES string of the molecule is COC1[C@H]2CN(C3CC([C@H](C(C)C)N4CC5(CCN(c6ncnnc6Oc6ccc(F)cc6-c6cnncc6C6CC6)C5)C4)C3)C[C@@H]12. The summed E-state index contributed by atoms with van der Waals surface area (Å²) >= 11 is 0. The number of likely N-dealkylation sites (tertiary alicyclic amines) is 2. The normalized spacial score (nSPS) is 30.3. The molecule has 3 aromatic rings. The summed E-state index contributed by atoms with van der Waals surface area (Å²) in [6.07, 6.45) is 11.5. The molecule has 9 rings (SSSR count). The van der Waals surface area contributed by atoms with Gasteiger partial charge in [-0.25, -0.2) is 9.37 Å². The zero-order chi connectivity index (χ0) is 31.9.